The Kier molecular flexibility index (Phi) is 3.12. The van der Waals surface area contributed by atoms with E-state index >= 15 is 0 Å². The molecule has 84 valence electrons. The zero-order valence-electron chi connectivity index (χ0n) is 9.29. The van der Waals surface area contributed by atoms with Gasteiger partial charge >= 0.3 is 0 Å². The topological polar surface area (TPSA) is 48.4 Å². The molecule has 3 nitrogen and oxygen atoms in total. The summed E-state index contributed by atoms with van der Waals surface area (Å²) in [7, 11) is 1.68. The summed E-state index contributed by atoms with van der Waals surface area (Å²) in [5, 5.41) is 0. The molecule has 2 rings (SSSR count). The lowest BCUT2D eigenvalue weighted by Crippen LogP contribution is -2.31. The van der Waals surface area contributed by atoms with Crippen LogP contribution in [0.3, 0.4) is 0 Å². The summed E-state index contributed by atoms with van der Waals surface area (Å²) >= 11 is 0. The maximum Gasteiger partial charge on any atom is 0.129 e. The molecule has 0 amide bonds. The van der Waals surface area contributed by atoms with Gasteiger partial charge in [-0.05, 0) is 25.0 Å². The molecule has 0 spiro atoms. The zero-order chi connectivity index (χ0) is 10.7. The fraction of sp³-hybridized carbons (Fsp3) is 0.667. The maximum absolute atomic E-state index is 5.89. The molecule has 1 saturated carbocycles. The van der Waals surface area contributed by atoms with Crippen LogP contribution in [0.15, 0.2) is 16.5 Å². The molecule has 1 aliphatic rings. The molecule has 15 heavy (non-hydrogen) atoms. The van der Waals surface area contributed by atoms with Gasteiger partial charge in [0.1, 0.15) is 18.1 Å². The third kappa shape index (κ3) is 1.94. The average Bonchev–Trinajstić information content (AvgIpc) is 2.86. The molecule has 1 aromatic rings. The number of furan rings is 1. The predicted octanol–water partition coefficient (Wildman–Crippen LogP) is 2.20. The second kappa shape index (κ2) is 4.37. The Balaban J connectivity index is 2.19. The molecule has 1 heterocycles. The van der Waals surface area contributed by atoms with Crippen LogP contribution < -0.4 is 5.73 Å². The molecule has 1 aliphatic carbocycles. The van der Waals surface area contributed by atoms with E-state index in [2.05, 4.69) is 6.07 Å². The summed E-state index contributed by atoms with van der Waals surface area (Å²) in [5.74, 6) is 1.95. The third-order valence-corrected chi connectivity index (χ3v) is 3.42. The van der Waals surface area contributed by atoms with Crippen molar-refractivity contribution in [3.05, 3.63) is 23.7 Å². The van der Waals surface area contributed by atoms with E-state index in [1.165, 1.54) is 12.8 Å². The van der Waals surface area contributed by atoms with Crippen molar-refractivity contribution in [1.82, 2.24) is 0 Å². The number of nitrogens with two attached hydrogens (primary N) is 1. The van der Waals surface area contributed by atoms with E-state index in [0.717, 1.165) is 24.4 Å². The smallest absolute Gasteiger partial charge is 0.129 e. The van der Waals surface area contributed by atoms with Crippen molar-refractivity contribution in [2.45, 2.75) is 37.7 Å². The minimum absolute atomic E-state index is 0.103. The quantitative estimate of drug-likeness (QED) is 0.827. The number of hydrogen-bond acceptors (Lipinski definition) is 3. The van der Waals surface area contributed by atoms with E-state index in [1.54, 1.807) is 7.11 Å². The molecule has 0 saturated heterocycles. The van der Waals surface area contributed by atoms with Gasteiger partial charge in [0.25, 0.3) is 0 Å². The molecule has 1 aromatic heterocycles. The number of hydrogen-bond donors (Lipinski definition) is 1. The lowest BCUT2D eigenvalue weighted by molar-refractivity contribution is 0.159. The average molecular weight is 209 g/mol. The van der Waals surface area contributed by atoms with Gasteiger partial charge in [0.05, 0.1) is 0 Å². The molecular formula is C12H19NO2. The first kappa shape index (κ1) is 10.7. The van der Waals surface area contributed by atoms with E-state index < -0.39 is 0 Å². The Bertz CT molecular complexity index is 313. The zero-order valence-corrected chi connectivity index (χ0v) is 9.29. The van der Waals surface area contributed by atoms with Crippen molar-refractivity contribution in [3.8, 4) is 0 Å². The van der Waals surface area contributed by atoms with Gasteiger partial charge in [-0.2, -0.15) is 0 Å². The highest BCUT2D eigenvalue weighted by Crippen LogP contribution is 2.40. The normalized spacial score (nSPS) is 19.6. The largest absolute Gasteiger partial charge is 0.463 e. The second-order valence-electron chi connectivity index (χ2n) is 4.39. The third-order valence-electron chi connectivity index (χ3n) is 3.42. The van der Waals surface area contributed by atoms with Crippen molar-refractivity contribution >= 4 is 0 Å². The van der Waals surface area contributed by atoms with Crippen molar-refractivity contribution in [3.63, 3.8) is 0 Å². The molecule has 0 aliphatic heterocycles. The first-order valence-electron chi connectivity index (χ1n) is 5.59. The molecular weight excluding hydrogens is 190 g/mol. The number of rotatable bonds is 4. The Morgan fingerprint density at radius 2 is 2.13 bits per heavy atom. The summed E-state index contributed by atoms with van der Waals surface area (Å²) < 4.78 is 10.8. The van der Waals surface area contributed by atoms with Gasteiger partial charge in [0, 0.05) is 19.1 Å². The minimum atomic E-state index is 0.103. The van der Waals surface area contributed by atoms with Gasteiger partial charge in [-0.15, -0.1) is 0 Å². The molecule has 0 bridgehead atoms. The highest BCUT2D eigenvalue weighted by molar-refractivity contribution is 5.19. The number of methoxy groups -OCH3 is 1. The first-order chi connectivity index (χ1) is 7.30. The van der Waals surface area contributed by atoms with Crippen molar-refractivity contribution in [2.24, 2.45) is 5.73 Å². The van der Waals surface area contributed by atoms with Crippen LogP contribution in [0.2, 0.25) is 0 Å². The summed E-state index contributed by atoms with van der Waals surface area (Å²) in [6.07, 6.45) is 4.84. The Morgan fingerprint density at radius 3 is 2.73 bits per heavy atom. The van der Waals surface area contributed by atoms with Crippen LogP contribution in [0, 0.1) is 0 Å². The van der Waals surface area contributed by atoms with Crippen LogP contribution in [0.1, 0.15) is 37.2 Å². The molecule has 1 fully saturated rings. The monoisotopic (exact) mass is 209 g/mol. The van der Waals surface area contributed by atoms with E-state index in [0.29, 0.717) is 13.2 Å². The van der Waals surface area contributed by atoms with E-state index in [9.17, 15) is 0 Å². The van der Waals surface area contributed by atoms with Crippen LogP contribution in [0.25, 0.3) is 0 Å². The fourth-order valence-electron chi connectivity index (χ4n) is 2.49. The predicted molar refractivity (Wildman–Crippen MR) is 58.6 cm³/mol. The summed E-state index contributed by atoms with van der Waals surface area (Å²) in [4.78, 5) is 0. The van der Waals surface area contributed by atoms with Crippen LogP contribution in [0.4, 0.5) is 0 Å². The highest BCUT2D eigenvalue weighted by Gasteiger charge is 2.37. The minimum Gasteiger partial charge on any atom is -0.463 e. The lowest BCUT2D eigenvalue weighted by Gasteiger charge is -2.24. The molecule has 0 unspecified atom stereocenters. The van der Waals surface area contributed by atoms with Gasteiger partial charge in [0.2, 0.25) is 0 Å². The highest BCUT2D eigenvalue weighted by atomic mass is 16.5. The molecule has 0 atom stereocenters. The summed E-state index contributed by atoms with van der Waals surface area (Å²) in [6, 6.07) is 4.06. The van der Waals surface area contributed by atoms with Gasteiger partial charge in [0.15, 0.2) is 0 Å². The Labute approximate surface area is 90.6 Å². The summed E-state index contributed by atoms with van der Waals surface area (Å²) in [6.45, 7) is 1.23. The van der Waals surface area contributed by atoms with Crippen molar-refractivity contribution in [2.75, 3.05) is 13.7 Å². The molecule has 0 radical (unpaired) electrons. The van der Waals surface area contributed by atoms with Gasteiger partial charge in [-0.1, -0.05) is 12.8 Å². The lowest BCUT2D eigenvalue weighted by atomic mass is 9.84. The van der Waals surface area contributed by atoms with Crippen LogP contribution in [-0.4, -0.2) is 13.7 Å². The first-order valence-corrected chi connectivity index (χ1v) is 5.59. The van der Waals surface area contributed by atoms with Crippen LogP contribution in [-0.2, 0) is 16.8 Å². The van der Waals surface area contributed by atoms with E-state index in [1.807, 2.05) is 6.07 Å². The van der Waals surface area contributed by atoms with Crippen LogP contribution in [0.5, 0.6) is 0 Å². The number of ether oxygens (including phenoxy) is 1. The van der Waals surface area contributed by atoms with Crippen molar-refractivity contribution < 1.29 is 9.15 Å². The van der Waals surface area contributed by atoms with Gasteiger partial charge in [-0.25, -0.2) is 0 Å². The van der Waals surface area contributed by atoms with Gasteiger partial charge < -0.3 is 14.9 Å². The summed E-state index contributed by atoms with van der Waals surface area (Å²) in [5.41, 5.74) is 6.00. The Hall–Kier alpha value is -0.800. The SMILES string of the molecule is COCc1ccc(C2(CN)CCCC2)o1. The van der Waals surface area contributed by atoms with Crippen molar-refractivity contribution in [1.29, 1.82) is 0 Å². The Morgan fingerprint density at radius 1 is 1.40 bits per heavy atom. The maximum atomic E-state index is 5.89. The van der Waals surface area contributed by atoms with E-state index in [4.69, 9.17) is 14.9 Å². The second-order valence-corrected chi connectivity index (χ2v) is 4.39. The van der Waals surface area contributed by atoms with Gasteiger partial charge in [-0.3, -0.25) is 0 Å². The van der Waals surface area contributed by atoms with E-state index in [-0.39, 0.29) is 5.41 Å². The molecule has 3 heteroatoms. The molecule has 0 aromatic carbocycles. The standard InChI is InChI=1S/C12H19NO2/c1-14-8-10-4-5-11(15-10)12(9-13)6-2-3-7-12/h4-5H,2-3,6-9,13H2,1H3. The fourth-order valence-corrected chi connectivity index (χ4v) is 2.49. The van der Waals surface area contributed by atoms with Crippen LogP contribution >= 0.6 is 0 Å². The molecule has 2 N–H and O–H groups in total.